The van der Waals surface area contributed by atoms with Crippen LogP contribution in [0.15, 0.2) is 18.2 Å². The average Bonchev–Trinajstić information content (AvgIpc) is 2.18. The number of nitrogens with two attached hydrogens (primary N) is 1. The lowest BCUT2D eigenvalue weighted by atomic mass is 10.0. The Bertz CT molecular complexity index is 314. The number of hydrogen-bond donors (Lipinski definition) is 1. The fraction of sp³-hybridized carbons (Fsp3) is 0.400. The minimum Gasteiger partial charge on any atom is -0.489 e. The number of rotatable bonds is 1. The van der Waals surface area contributed by atoms with Gasteiger partial charge < -0.3 is 10.5 Å². The van der Waals surface area contributed by atoms with Gasteiger partial charge in [0.15, 0.2) is 0 Å². The van der Waals surface area contributed by atoms with E-state index in [9.17, 15) is 4.39 Å². The van der Waals surface area contributed by atoms with Crippen LogP contribution < -0.4 is 10.5 Å². The molecule has 0 fully saturated rings. The molecule has 70 valence electrons. The molecule has 0 radical (unpaired) electrons. The molecule has 0 aromatic heterocycles. The van der Waals surface area contributed by atoms with Crippen LogP contribution in [0.3, 0.4) is 0 Å². The van der Waals surface area contributed by atoms with E-state index in [0.29, 0.717) is 17.9 Å². The molecule has 0 aliphatic carbocycles. The molecule has 2 N–H and O–H groups in total. The predicted molar refractivity (Wildman–Crippen MR) is 48.2 cm³/mol. The van der Waals surface area contributed by atoms with Gasteiger partial charge in [-0.05, 0) is 25.0 Å². The Morgan fingerprint density at radius 1 is 1.54 bits per heavy atom. The zero-order valence-corrected chi connectivity index (χ0v) is 7.29. The van der Waals surface area contributed by atoms with E-state index in [-0.39, 0.29) is 11.9 Å². The highest BCUT2D eigenvalue weighted by Gasteiger charge is 2.20. The molecule has 3 heteroatoms. The summed E-state index contributed by atoms with van der Waals surface area (Å²) in [6, 6.07) is 4.91. The van der Waals surface area contributed by atoms with E-state index in [1.807, 2.05) is 0 Å². The highest BCUT2D eigenvalue weighted by molar-refractivity contribution is 5.36. The van der Waals surface area contributed by atoms with Crippen molar-refractivity contribution in [3.63, 3.8) is 0 Å². The molecular weight excluding hydrogens is 169 g/mol. The van der Waals surface area contributed by atoms with E-state index in [0.717, 1.165) is 12.8 Å². The van der Waals surface area contributed by atoms with Gasteiger partial charge in [-0.2, -0.15) is 0 Å². The Labute approximate surface area is 76.5 Å². The molecule has 1 aliphatic heterocycles. The maximum atomic E-state index is 13.2. The Morgan fingerprint density at radius 2 is 2.38 bits per heavy atom. The Hall–Kier alpha value is -1.09. The molecule has 13 heavy (non-hydrogen) atoms. The van der Waals surface area contributed by atoms with Crippen LogP contribution in [0.5, 0.6) is 5.75 Å². The average molecular weight is 181 g/mol. The van der Waals surface area contributed by atoms with E-state index < -0.39 is 0 Å². The van der Waals surface area contributed by atoms with Gasteiger partial charge in [-0.1, -0.05) is 6.07 Å². The summed E-state index contributed by atoms with van der Waals surface area (Å²) in [5, 5.41) is 0. The van der Waals surface area contributed by atoms with Crippen LogP contribution in [0, 0.1) is 5.82 Å². The van der Waals surface area contributed by atoms with Crippen LogP contribution in [0.1, 0.15) is 12.0 Å². The van der Waals surface area contributed by atoms with Crippen molar-refractivity contribution in [2.45, 2.75) is 18.9 Å². The molecule has 0 saturated carbocycles. The van der Waals surface area contributed by atoms with Gasteiger partial charge in [0.2, 0.25) is 0 Å². The van der Waals surface area contributed by atoms with Crippen LogP contribution in [0.25, 0.3) is 0 Å². The third-order valence-corrected chi connectivity index (χ3v) is 2.35. The van der Waals surface area contributed by atoms with Crippen LogP contribution in [-0.4, -0.2) is 12.6 Å². The first-order chi connectivity index (χ1) is 6.31. The number of ether oxygens (including phenoxy) is 1. The van der Waals surface area contributed by atoms with E-state index >= 15 is 0 Å². The summed E-state index contributed by atoms with van der Waals surface area (Å²) in [6.45, 7) is 0.496. The minimum atomic E-state index is -0.173. The summed E-state index contributed by atoms with van der Waals surface area (Å²) in [4.78, 5) is 0. The second-order valence-electron chi connectivity index (χ2n) is 3.23. The molecule has 1 heterocycles. The molecule has 1 unspecified atom stereocenters. The quantitative estimate of drug-likeness (QED) is 0.712. The Balaban J connectivity index is 2.31. The number of hydrogen-bond acceptors (Lipinski definition) is 2. The summed E-state index contributed by atoms with van der Waals surface area (Å²) in [7, 11) is 0. The molecule has 0 bridgehead atoms. The summed E-state index contributed by atoms with van der Waals surface area (Å²) in [5.41, 5.74) is 6.17. The van der Waals surface area contributed by atoms with Crippen LogP contribution in [0.2, 0.25) is 0 Å². The fourth-order valence-electron chi connectivity index (χ4n) is 1.60. The lowest BCUT2D eigenvalue weighted by molar-refractivity contribution is 0.179. The molecular formula is C10H12FNO. The second kappa shape index (κ2) is 3.34. The van der Waals surface area contributed by atoms with Crippen LogP contribution in [-0.2, 0) is 6.42 Å². The lowest BCUT2D eigenvalue weighted by Crippen LogP contribution is -2.30. The monoisotopic (exact) mass is 181 g/mol. The van der Waals surface area contributed by atoms with E-state index in [2.05, 4.69) is 0 Å². The molecule has 1 aliphatic rings. The van der Waals surface area contributed by atoms with Gasteiger partial charge >= 0.3 is 0 Å². The van der Waals surface area contributed by atoms with Crippen molar-refractivity contribution in [3.05, 3.63) is 29.6 Å². The summed E-state index contributed by atoms with van der Waals surface area (Å²) in [5.74, 6) is 0.481. The second-order valence-corrected chi connectivity index (χ2v) is 3.23. The largest absolute Gasteiger partial charge is 0.489 e. The third kappa shape index (κ3) is 1.52. The summed E-state index contributed by atoms with van der Waals surface area (Å²) in [6.07, 6.45) is 1.59. The first-order valence-electron chi connectivity index (χ1n) is 4.45. The van der Waals surface area contributed by atoms with Gasteiger partial charge in [0, 0.05) is 12.1 Å². The predicted octanol–water partition coefficient (Wildman–Crippen LogP) is 1.48. The zero-order chi connectivity index (χ0) is 9.26. The van der Waals surface area contributed by atoms with Crippen molar-refractivity contribution < 1.29 is 9.13 Å². The fourth-order valence-corrected chi connectivity index (χ4v) is 1.60. The van der Waals surface area contributed by atoms with Gasteiger partial charge in [-0.15, -0.1) is 0 Å². The van der Waals surface area contributed by atoms with Gasteiger partial charge in [0.25, 0.3) is 0 Å². The van der Waals surface area contributed by atoms with Crippen LogP contribution >= 0.6 is 0 Å². The van der Waals surface area contributed by atoms with Gasteiger partial charge in [0.05, 0.1) is 0 Å². The van der Waals surface area contributed by atoms with Crippen LogP contribution in [0.4, 0.5) is 4.39 Å². The van der Waals surface area contributed by atoms with Gasteiger partial charge in [0.1, 0.15) is 17.7 Å². The smallest absolute Gasteiger partial charge is 0.130 e. The molecule has 0 saturated heterocycles. The van der Waals surface area contributed by atoms with E-state index in [1.54, 1.807) is 12.1 Å². The lowest BCUT2D eigenvalue weighted by Gasteiger charge is -2.25. The summed E-state index contributed by atoms with van der Waals surface area (Å²) < 4.78 is 18.7. The molecule has 0 amide bonds. The number of fused-ring (bicyclic) bond motifs is 1. The Morgan fingerprint density at radius 3 is 3.15 bits per heavy atom. The number of halogens is 1. The normalized spacial score (nSPS) is 20.6. The molecule has 2 rings (SSSR count). The highest BCUT2D eigenvalue weighted by Crippen LogP contribution is 2.28. The van der Waals surface area contributed by atoms with Crippen molar-refractivity contribution in [1.29, 1.82) is 0 Å². The van der Waals surface area contributed by atoms with E-state index in [1.165, 1.54) is 6.07 Å². The molecule has 0 spiro atoms. The SMILES string of the molecule is NCC1CCc2c(F)cccc2O1. The first kappa shape index (κ1) is 8.51. The maximum Gasteiger partial charge on any atom is 0.130 e. The zero-order valence-electron chi connectivity index (χ0n) is 7.29. The van der Waals surface area contributed by atoms with Crippen molar-refractivity contribution in [3.8, 4) is 5.75 Å². The highest BCUT2D eigenvalue weighted by atomic mass is 19.1. The summed E-state index contributed by atoms with van der Waals surface area (Å²) >= 11 is 0. The van der Waals surface area contributed by atoms with Crippen molar-refractivity contribution >= 4 is 0 Å². The molecule has 1 atom stereocenters. The first-order valence-corrected chi connectivity index (χ1v) is 4.45. The van der Waals surface area contributed by atoms with Crippen molar-refractivity contribution in [2.24, 2.45) is 5.73 Å². The van der Waals surface area contributed by atoms with Gasteiger partial charge in [-0.3, -0.25) is 0 Å². The third-order valence-electron chi connectivity index (χ3n) is 2.35. The molecule has 1 aromatic rings. The van der Waals surface area contributed by atoms with Crippen molar-refractivity contribution in [2.75, 3.05) is 6.54 Å². The molecule has 2 nitrogen and oxygen atoms in total. The van der Waals surface area contributed by atoms with Crippen molar-refractivity contribution in [1.82, 2.24) is 0 Å². The van der Waals surface area contributed by atoms with E-state index in [4.69, 9.17) is 10.5 Å². The Kier molecular flexibility index (Phi) is 2.19. The molecule has 1 aromatic carbocycles. The van der Waals surface area contributed by atoms with Gasteiger partial charge in [-0.25, -0.2) is 4.39 Å². The maximum absolute atomic E-state index is 13.2. The topological polar surface area (TPSA) is 35.2 Å². The minimum absolute atomic E-state index is 0.0503. The number of benzene rings is 1. The standard InChI is InChI=1S/C10H12FNO/c11-9-2-1-3-10-8(9)5-4-7(6-12)13-10/h1-3,7H,4-6,12H2.